The number of benzene rings is 2. The molecule has 1 atom stereocenters. The number of nitrogens with zero attached hydrogens (tertiary/aromatic N) is 1. The monoisotopic (exact) mass is 442 g/mol. The van der Waals surface area contributed by atoms with Gasteiger partial charge in [-0.05, 0) is 60.4 Å². The van der Waals surface area contributed by atoms with Gasteiger partial charge in [-0.1, -0.05) is 51.8 Å². The molecule has 27 heavy (non-hydrogen) atoms. The Balaban J connectivity index is 1.85. The van der Waals surface area contributed by atoms with Crippen molar-refractivity contribution in [1.82, 2.24) is 4.98 Å². The number of nitrogens with one attached hydrogen (secondary N) is 1. The van der Waals surface area contributed by atoms with Gasteiger partial charge in [0.15, 0.2) is 5.78 Å². The average Bonchev–Trinajstić information content (AvgIpc) is 2.67. The van der Waals surface area contributed by atoms with Crippen molar-refractivity contribution in [1.29, 1.82) is 0 Å². The minimum atomic E-state index is -0.484. The molecule has 0 aliphatic heterocycles. The van der Waals surface area contributed by atoms with E-state index in [1.807, 2.05) is 61.5 Å². The average molecular weight is 444 g/mol. The summed E-state index contributed by atoms with van der Waals surface area (Å²) in [6.45, 7) is 1.99. The van der Waals surface area contributed by atoms with Crippen LogP contribution in [0.3, 0.4) is 0 Å². The van der Waals surface area contributed by atoms with Crippen LogP contribution in [0, 0.1) is 6.92 Å². The van der Waals surface area contributed by atoms with Crippen LogP contribution in [0.25, 0.3) is 0 Å². The molecule has 1 aromatic heterocycles. The second-order valence-corrected chi connectivity index (χ2v) is 7.67. The normalized spacial score (nSPS) is 11.8. The molecule has 0 spiro atoms. The molecule has 1 unspecified atom stereocenters. The van der Waals surface area contributed by atoms with Crippen molar-refractivity contribution in [2.24, 2.45) is 0 Å². The van der Waals surface area contributed by atoms with Gasteiger partial charge >= 0.3 is 0 Å². The topological polar surface area (TPSA) is 42.0 Å². The maximum atomic E-state index is 13.1. The molecule has 1 N–H and O–H groups in total. The third-order valence-corrected chi connectivity index (χ3v) is 5.41. The van der Waals surface area contributed by atoms with Gasteiger partial charge in [0.25, 0.3) is 0 Å². The van der Waals surface area contributed by atoms with Crippen LogP contribution < -0.4 is 5.32 Å². The van der Waals surface area contributed by atoms with Gasteiger partial charge in [0.2, 0.25) is 0 Å². The molecule has 0 aliphatic carbocycles. The lowest BCUT2D eigenvalue weighted by Crippen LogP contribution is -2.22. The fourth-order valence-corrected chi connectivity index (χ4v) is 3.70. The van der Waals surface area contributed by atoms with Crippen molar-refractivity contribution in [2.45, 2.75) is 25.8 Å². The molecule has 2 aromatic carbocycles. The summed E-state index contributed by atoms with van der Waals surface area (Å²) in [6, 6.07) is 16.9. The SMILES string of the molecule is Cc1ccc(NC(C(=O)CCc2ccncc2)c2ccccc2Br)c(Cl)c1. The van der Waals surface area contributed by atoms with Crippen molar-refractivity contribution < 1.29 is 4.79 Å². The second kappa shape index (κ2) is 9.16. The Hall–Kier alpha value is -2.17. The zero-order valence-corrected chi connectivity index (χ0v) is 17.3. The number of ketones is 1. The number of pyridine rings is 1. The Labute approximate surface area is 172 Å². The summed E-state index contributed by atoms with van der Waals surface area (Å²) in [5.74, 6) is 0.107. The van der Waals surface area contributed by atoms with E-state index < -0.39 is 6.04 Å². The van der Waals surface area contributed by atoms with Crippen LogP contribution >= 0.6 is 27.5 Å². The highest BCUT2D eigenvalue weighted by molar-refractivity contribution is 9.10. The maximum absolute atomic E-state index is 13.1. The fraction of sp³-hybridized carbons (Fsp3) is 0.182. The number of carbonyl (C=O) groups is 1. The van der Waals surface area contributed by atoms with Gasteiger partial charge in [-0.25, -0.2) is 0 Å². The number of halogens is 2. The number of rotatable bonds is 7. The van der Waals surface area contributed by atoms with E-state index in [1.54, 1.807) is 12.4 Å². The molecule has 0 saturated carbocycles. The first-order valence-corrected chi connectivity index (χ1v) is 9.90. The van der Waals surface area contributed by atoms with Crippen LogP contribution in [0.5, 0.6) is 0 Å². The van der Waals surface area contributed by atoms with Gasteiger partial charge in [-0.15, -0.1) is 0 Å². The van der Waals surface area contributed by atoms with Crippen molar-refractivity contribution >= 4 is 39.0 Å². The lowest BCUT2D eigenvalue weighted by Gasteiger charge is -2.21. The van der Waals surface area contributed by atoms with Gasteiger partial charge in [0, 0.05) is 23.3 Å². The molecule has 1 heterocycles. The summed E-state index contributed by atoms with van der Waals surface area (Å²) < 4.78 is 0.892. The van der Waals surface area contributed by atoms with Crippen molar-refractivity contribution in [3.8, 4) is 0 Å². The summed E-state index contributed by atoms with van der Waals surface area (Å²) >= 11 is 9.96. The molecule has 3 rings (SSSR count). The number of aromatic nitrogens is 1. The first-order valence-electron chi connectivity index (χ1n) is 8.73. The zero-order valence-electron chi connectivity index (χ0n) is 15.0. The Morgan fingerprint density at radius 1 is 1.15 bits per heavy atom. The minimum Gasteiger partial charge on any atom is -0.370 e. The molecule has 0 aliphatic rings. The molecule has 138 valence electrons. The van der Waals surface area contributed by atoms with Gasteiger partial charge in [0.05, 0.1) is 10.7 Å². The highest BCUT2D eigenvalue weighted by atomic mass is 79.9. The van der Waals surface area contributed by atoms with E-state index in [2.05, 4.69) is 26.2 Å². The van der Waals surface area contributed by atoms with Gasteiger partial charge in [-0.3, -0.25) is 9.78 Å². The van der Waals surface area contributed by atoms with Crippen LogP contribution in [0.15, 0.2) is 71.5 Å². The predicted molar refractivity (Wildman–Crippen MR) is 114 cm³/mol. The zero-order chi connectivity index (χ0) is 19.2. The van der Waals surface area contributed by atoms with E-state index in [9.17, 15) is 4.79 Å². The lowest BCUT2D eigenvalue weighted by atomic mass is 9.97. The largest absolute Gasteiger partial charge is 0.370 e. The Morgan fingerprint density at radius 3 is 2.59 bits per heavy atom. The van der Waals surface area contributed by atoms with Crippen molar-refractivity contribution in [3.05, 3.63) is 93.2 Å². The van der Waals surface area contributed by atoms with Crippen LogP contribution in [0.4, 0.5) is 5.69 Å². The van der Waals surface area contributed by atoms with E-state index in [0.717, 1.165) is 26.9 Å². The third-order valence-electron chi connectivity index (χ3n) is 4.37. The third kappa shape index (κ3) is 5.18. The van der Waals surface area contributed by atoms with E-state index in [0.29, 0.717) is 17.9 Å². The smallest absolute Gasteiger partial charge is 0.159 e. The quantitative estimate of drug-likeness (QED) is 0.475. The maximum Gasteiger partial charge on any atom is 0.159 e. The molecule has 0 radical (unpaired) electrons. The molecule has 0 bridgehead atoms. The molecular weight excluding hydrogens is 424 g/mol. The molecule has 3 nitrogen and oxygen atoms in total. The van der Waals surface area contributed by atoms with E-state index in [4.69, 9.17) is 11.6 Å². The van der Waals surface area contributed by atoms with Crippen LogP contribution in [0.2, 0.25) is 5.02 Å². The highest BCUT2D eigenvalue weighted by Gasteiger charge is 2.23. The van der Waals surface area contributed by atoms with Crippen molar-refractivity contribution in [3.63, 3.8) is 0 Å². The van der Waals surface area contributed by atoms with Crippen LogP contribution in [0.1, 0.15) is 29.2 Å². The summed E-state index contributed by atoms with van der Waals surface area (Å²) in [5, 5.41) is 3.95. The number of aryl methyl sites for hydroxylation is 2. The first kappa shape index (κ1) is 19.6. The first-order chi connectivity index (χ1) is 13.0. The Kier molecular flexibility index (Phi) is 6.64. The number of anilines is 1. The number of Topliss-reactive ketones (excluding diaryl/α,β-unsaturated/α-hetero) is 1. The number of hydrogen-bond acceptors (Lipinski definition) is 3. The Bertz CT molecular complexity index is 931. The standard InChI is InChI=1S/C22H20BrClN2O/c1-15-6-8-20(19(24)14-15)26-22(17-4-2-3-5-18(17)23)21(27)9-7-16-10-12-25-13-11-16/h2-6,8,10-14,22,26H,7,9H2,1H3. The molecule has 5 heteroatoms. The van der Waals surface area contributed by atoms with E-state index in [-0.39, 0.29) is 5.78 Å². The molecule has 3 aromatic rings. The predicted octanol–water partition coefficient (Wildman–Crippen LogP) is 6.16. The highest BCUT2D eigenvalue weighted by Crippen LogP contribution is 2.31. The van der Waals surface area contributed by atoms with E-state index in [1.165, 1.54) is 0 Å². The fourth-order valence-electron chi connectivity index (χ4n) is 2.89. The molecule has 0 amide bonds. The van der Waals surface area contributed by atoms with E-state index >= 15 is 0 Å². The van der Waals surface area contributed by atoms with Gasteiger partial charge in [0.1, 0.15) is 6.04 Å². The summed E-state index contributed by atoms with van der Waals surface area (Å²) in [4.78, 5) is 17.1. The van der Waals surface area contributed by atoms with Gasteiger partial charge < -0.3 is 5.32 Å². The van der Waals surface area contributed by atoms with Crippen LogP contribution in [-0.4, -0.2) is 10.8 Å². The number of carbonyl (C=O) groups excluding carboxylic acids is 1. The molecule has 0 saturated heterocycles. The second-order valence-electron chi connectivity index (χ2n) is 6.40. The minimum absolute atomic E-state index is 0.107. The lowest BCUT2D eigenvalue weighted by molar-refractivity contribution is -0.119. The number of hydrogen-bond donors (Lipinski definition) is 1. The molecular formula is C22H20BrClN2O. The summed E-state index contributed by atoms with van der Waals surface area (Å²) in [5.41, 5.74) is 3.82. The van der Waals surface area contributed by atoms with Crippen molar-refractivity contribution in [2.75, 3.05) is 5.32 Å². The summed E-state index contributed by atoms with van der Waals surface area (Å²) in [7, 11) is 0. The molecule has 0 fully saturated rings. The Morgan fingerprint density at radius 2 is 1.89 bits per heavy atom. The summed E-state index contributed by atoms with van der Waals surface area (Å²) in [6.07, 6.45) is 4.59. The van der Waals surface area contributed by atoms with Crippen LogP contribution in [-0.2, 0) is 11.2 Å². The van der Waals surface area contributed by atoms with Gasteiger partial charge in [-0.2, -0.15) is 0 Å².